The molecule has 2 rings (SSSR count). The molecule has 0 heterocycles. The van der Waals surface area contributed by atoms with Crippen LogP contribution in [0.5, 0.6) is 0 Å². The zero-order valence-corrected chi connectivity index (χ0v) is 13.9. The van der Waals surface area contributed by atoms with Crippen molar-refractivity contribution in [3.05, 3.63) is 58.6 Å². The summed E-state index contributed by atoms with van der Waals surface area (Å²) in [6.07, 6.45) is 0. The van der Waals surface area contributed by atoms with Gasteiger partial charge in [0, 0.05) is 16.4 Å². The quantitative estimate of drug-likeness (QED) is 0.830. The molecule has 0 radical (unpaired) electrons. The molecule has 0 fully saturated rings. The van der Waals surface area contributed by atoms with Crippen LogP contribution >= 0.6 is 11.6 Å². The third-order valence-corrected chi connectivity index (χ3v) is 3.74. The fourth-order valence-electron chi connectivity index (χ4n) is 2.28. The maximum absolute atomic E-state index is 12.2. The number of nitrogens with one attached hydrogen (secondary N) is 2. The Bertz CT molecular complexity index is 651. The van der Waals surface area contributed by atoms with Crippen LogP contribution in [0.4, 0.5) is 11.4 Å². The summed E-state index contributed by atoms with van der Waals surface area (Å²) < 4.78 is 0. The fourth-order valence-corrected chi connectivity index (χ4v) is 2.40. The molecule has 0 aliphatic heterocycles. The largest absolute Gasteiger partial charge is 0.376 e. The number of rotatable bonds is 5. The van der Waals surface area contributed by atoms with Crippen molar-refractivity contribution in [2.45, 2.75) is 26.7 Å². The van der Waals surface area contributed by atoms with Gasteiger partial charge in [-0.2, -0.15) is 0 Å². The van der Waals surface area contributed by atoms with Gasteiger partial charge in [0.05, 0.1) is 6.54 Å². The van der Waals surface area contributed by atoms with Crippen LogP contribution < -0.4 is 10.6 Å². The molecule has 3 nitrogen and oxygen atoms in total. The highest BCUT2D eigenvalue weighted by Crippen LogP contribution is 2.27. The van der Waals surface area contributed by atoms with Crippen molar-refractivity contribution in [3.8, 4) is 0 Å². The van der Waals surface area contributed by atoms with Crippen LogP contribution in [0.2, 0.25) is 5.02 Å². The normalized spacial score (nSPS) is 10.6. The van der Waals surface area contributed by atoms with E-state index in [9.17, 15) is 4.79 Å². The van der Waals surface area contributed by atoms with Gasteiger partial charge in [0.2, 0.25) is 5.91 Å². The van der Waals surface area contributed by atoms with Crippen molar-refractivity contribution in [1.82, 2.24) is 0 Å². The van der Waals surface area contributed by atoms with Gasteiger partial charge in [0.1, 0.15) is 0 Å². The van der Waals surface area contributed by atoms with Gasteiger partial charge in [0.25, 0.3) is 0 Å². The summed E-state index contributed by atoms with van der Waals surface area (Å²) in [6, 6.07) is 13.4. The highest BCUT2D eigenvalue weighted by atomic mass is 35.5. The first-order valence-electron chi connectivity index (χ1n) is 7.36. The molecule has 0 saturated carbocycles. The van der Waals surface area contributed by atoms with E-state index in [2.05, 4.69) is 30.5 Å². The molecule has 0 aromatic heterocycles. The van der Waals surface area contributed by atoms with Gasteiger partial charge in [0.15, 0.2) is 0 Å². The highest BCUT2D eigenvalue weighted by Gasteiger charge is 2.11. The van der Waals surface area contributed by atoms with Crippen molar-refractivity contribution in [2.24, 2.45) is 0 Å². The molecule has 0 saturated heterocycles. The van der Waals surface area contributed by atoms with Crippen LogP contribution in [0.15, 0.2) is 42.5 Å². The Morgan fingerprint density at radius 3 is 2.45 bits per heavy atom. The van der Waals surface area contributed by atoms with Crippen molar-refractivity contribution in [1.29, 1.82) is 0 Å². The number of halogens is 1. The molecule has 116 valence electrons. The second-order valence-corrected chi connectivity index (χ2v) is 6.04. The average Bonchev–Trinajstić information content (AvgIpc) is 2.48. The van der Waals surface area contributed by atoms with Crippen LogP contribution in [-0.4, -0.2) is 12.5 Å². The van der Waals surface area contributed by atoms with E-state index in [1.54, 1.807) is 12.1 Å². The smallest absolute Gasteiger partial charge is 0.243 e. The summed E-state index contributed by atoms with van der Waals surface area (Å²) in [7, 11) is 0. The Morgan fingerprint density at radius 1 is 1.14 bits per heavy atom. The Hall–Kier alpha value is -2.00. The zero-order valence-electron chi connectivity index (χ0n) is 13.1. The molecule has 2 aromatic rings. The predicted octanol–water partition coefficient (Wildman–Crippen LogP) is 4.82. The Labute approximate surface area is 136 Å². The van der Waals surface area contributed by atoms with Crippen LogP contribution in [0.3, 0.4) is 0 Å². The SMILES string of the molecule is Cc1cccc(C(C)C)c1NC(=O)CNc1ccc(Cl)cc1. The lowest BCUT2D eigenvalue weighted by Crippen LogP contribution is -2.23. The van der Waals surface area contributed by atoms with E-state index >= 15 is 0 Å². The van der Waals surface area contributed by atoms with E-state index in [1.165, 1.54) is 0 Å². The number of benzene rings is 2. The van der Waals surface area contributed by atoms with Gasteiger partial charge < -0.3 is 10.6 Å². The lowest BCUT2D eigenvalue weighted by Gasteiger charge is -2.16. The topological polar surface area (TPSA) is 41.1 Å². The van der Waals surface area contributed by atoms with Crippen molar-refractivity contribution in [3.63, 3.8) is 0 Å². The molecule has 2 aromatic carbocycles. The van der Waals surface area contributed by atoms with Crippen LogP contribution in [0.25, 0.3) is 0 Å². The van der Waals surface area contributed by atoms with E-state index in [0.29, 0.717) is 10.9 Å². The summed E-state index contributed by atoms with van der Waals surface area (Å²) in [4.78, 5) is 12.2. The summed E-state index contributed by atoms with van der Waals surface area (Å²) in [5.74, 6) is 0.297. The second-order valence-electron chi connectivity index (χ2n) is 5.60. The number of para-hydroxylation sites is 1. The minimum Gasteiger partial charge on any atom is -0.376 e. The summed E-state index contributed by atoms with van der Waals surface area (Å²) in [5.41, 5.74) is 4.01. The van der Waals surface area contributed by atoms with Crippen LogP contribution in [0.1, 0.15) is 30.9 Å². The third kappa shape index (κ3) is 4.25. The minimum atomic E-state index is -0.0637. The van der Waals surface area contributed by atoms with Crippen LogP contribution in [-0.2, 0) is 4.79 Å². The number of hydrogen-bond donors (Lipinski definition) is 2. The van der Waals surface area contributed by atoms with E-state index < -0.39 is 0 Å². The van der Waals surface area contributed by atoms with Gasteiger partial charge in [-0.05, 0) is 48.2 Å². The maximum atomic E-state index is 12.2. The number of anilines is 2. The second kappa shape index (κ2) is 7.32. The molecule has 0 spiro atoms. The standard InChI is InChI=1S/C18H21ClN2O/c1-12(2)16-6-4-5-13(3)18(16)21-17(22)11-20-15-9-7-14(19)8-10-15/h4-10,12,20H,11H2,1-3H3,(H,21,22). The van der Waals surface area contributed by atoms with Crippen molar-refractivity contribution < 1.29 is 4.79 Å². The predicted molar refractivity (Wildman–Crippen MR) is 93.8 cm³/mol. The Kier molecular flexibility index (Phi) is 5.45. The Balaban J connectivity index is 2.02. The van der Waals surface area contributed by atoms with E-state index in [1.807, 2.05) is 31.2 Å². The zero-order chi connectivity index (χ0) is 16.1. The van der Waals surface area contributed by atoms with Gasteiger partial charge in [-0.25, -0.2) is 0 Å². The molecule has 0 bridgehead atoms. The monoisotopic (exact) mass is 316 g/mol. The first kappa shape index (κ1) is 16.4. The Morgan fingerprint density at radius 2 is 1.82 bits per heavy atom. The van der Waals surface area contributed by atoms with E-state index in [-0.39, 0.29) is 12.5 Å². The van der Waals surface area contributed by atoms with Gasteiger partial charge >= 0.3 is 0 Å². The first-order valence-corrected chi connectivity index (χ1v) is 7.74. The number of hydrogen-bond acceptors (Lipinski definition) is 2. The minimum absolute atomic E-state index is 0.0637. The van der Waals surface area contributed by atoms with Gasteiger partial charge in [-0.3, -0.25) is 4.79 Å². The molecular formula is C18H21ClN2O. The molecule has 0 atom stereocenters. The molecule has 0 aliphatic carbocycles. The average molecular weight is 317 g/mol. The lowest BCUT2D eigenvalue weighted by atomic mass is 9.98. The highest BCUT2D eigenvalue weighted by molar-refractivity contribution is 6.30. The van der Waals surface area contributed by atoms with E-state index in [4.69, 9.17) is 11.6 Å². The third-order valence-electron chi connectivity index (χ3n) is 3.49. The molecule has 0 unspecified atom stereocenters. The molecule has 4 heteroatoms. The molecular weight excluding hydrogens is 296 g/mol. The fraction of sp³-hybridized carbons (Fsp3) is 0.278. The van der Waals surface area contributed by atoms with E-state index in [0.717, 1.165) is 22.5 Å². The maximum Gasteiger partial charge on any atom is 0.243 e. The number of amides is 1. The number of carbonyl (C=O) groups excluding carboxylic acids is 1. The molecule has 0 aliphatic rings. The number of carbonyl (C=O) groups is 1. The molecule has 2 N–H and O–H groups in total. The van der Waals surface area contributed by atoms with Gasteiger partial charge in [-0.1, -0.05) is 43.6 Å². The van der Waals surface area contributed by atoms with Crippen LogP contribution in [0, 0.1) is 6.92 Å². The first-order chi connectivity index (χ1) is 10.5. The number of aryl methyl sites for hydroxylation is 1. The van der Waals surface area contributed by atoms with Crippen molar-refractivity contribution >= 4 is 28.9 Å². The summed E-state index contributed by atoms with van der Waals surface area (Å²) in [6.45, 7) is 6.47. The lowest BCUT2D eigenvalue weighted by molar-refractivity contribution is -0.114. The molecule has 22 heavy (non-hydrogen) atoms. The van der Waals surface area contributed by atoms with Gasteiger partial charge in [-0.15, -0.1) is 0 Å². The summed E-state index contributed by atoms with van der Waals surface area (Å²) in [5, 5.41) is 6.78. The summed E-state index contributed by atoms with van der Waals surface area (Å²) >= 11 is 5.84. The molecule has 1 amide bonds. The van der Waals surface area contributed by atoms with Crippen molar-refractivity contribution in [2.75, 3.05) is 17.2 Å².